The van der Waals surface area contributed by atoms with Gasteiger partial charge in [0.25, 0.3) is 0 Å². The van der Waals surface area contributed by atoms with Gasteiger partial charge in [-0.2, -0.15) is 0 Å². The maximum Gasteiger partial charge on any atom is 0.0156 e. The minimum absolute atomic E-state index is 0.400. The number of hydrogen-bond acceptors (Lipinski definition) is 0. The van der Waals surface area contributed by atoms with E-state index in [9.17, 15) is 0 Å². The van der Waals surface area contributed by atoms with E-state index in [1.807, 2.05) is 0 Å². The summed E-state index contributed by atoms with van der Waals surface area (Å²) in [6, 6.07) is 0. The Labute approximate surface area is 69.0 Å². The average molecular weight is 148 g/mol. The van der Waals surface area contributed by atoms with Gasteiger partial charge in [-0.3, -0.25) is 0 Å². The first-order valence-electron chi connectivity index (χ1n) is 4.38. The fraction of sp³-hybridized carbons (Fsp3) is 0.636. The molecule has 0 saturated carbocycles. The molecule has 2 rings (SSSR count). The van der Waals surface area contributed by atoms with Gasteiger partial charge >= 0.3 is 0 Å². The number of rotatable bonds is 0. The van der Waals surface area contributed by atoms with Gasteiger partial charge in [-0.05, 0) is 20.3 Å². The van der Waals surface area contributed by atoms with Gasteiger partial charge < -0.3 is 0 Å². The summed E-state index contributed by atoms with van der Waals surface area (Å²) in [6.45, 7) is 9.30. The molecule has 2 aliphatic carbocycles. The number of hydrogen-bond donors (Lipinski definition) is 0. The summed E-state index contributed by atoms with van der Waals surface area (Å²) in [5, 5.41) is 0. The van der Waals surface area contributed by atoms with Crippen LogP contribution in [0.5, 0.6) is 0 Å². The molecule has 0 heteroatoms. The summed E-state index contributed by atoms with van der Waals surface area (Å²) in [5.41, 5.74) is 4.08. The van der Waals surface area contributed by atoms with Crippen LogP contribution >= 0.6 is 0 Å². The second kappa shape index (κ2) is 1.63. The summed E-state index contributed by atoms with van der Waals surface area (Å²) < 4.78 is 0. The third-order valence-corrected chi connectivity index (χ3v) is 4.29. The smallest absolute Gasteiger partial charge is 0.0156 e. The molecule has 0 nitrogen and oxygen atoms in total. The maximum absolute atomic E-state index is 2.38. The lowest BCUT2D eigenvalue weighted by Gasteiger charge is -2.53. The topological polar surface area (TPSA) is 0 Å². The van der Waals surface area contributed by atoms with Crippen molar-refractivity contribution in [2.75, 3.05) is 0 Å². The van der Waals surface area contributed by atoms with Crippen LogP contribution in [0.1, 0.15) is 34.1 Å². The molecule has 0 aromatic carbocycles. The van der Waals surface area contributed by atoms with Crippen molar-refractivity contribution >= 4 is 0 Å². The van der Waals surface area contributed by atoms with Crippen LogP contribution in [0.3, 0.4) is 0 Å². The van der Waals surface area contributed by atoms with Gasteiger partial charge in [-0.1, -0.05) is 37.1 Å². The molecular weight excluding hydrogens is 132 g/mol. The quantitative estimate of drug-likeness (QED) is 0.462. The van der Waals surface area contributed by atoms with E-state index in [0.29, 0.717) is 10.8 Å². The van der Waals surface area contributed by atoms with Gasteiger partial charge in [0.1, 0.15) is 0 Å². The van der Waals surface area contributed by atoms with Crippen LogP contribution in [0.25, 0.3) is 0 Å². The molecule has 2 atom stereocenters. The number of allylic oxidation sites excluding steroid dienone is 4. The molecule has 0 heterocycles. The summed E-state index contributed by atoms with van der Waals surface area (Å²) >= 11 is 0. The highest BCUT2D eigenvalue weighted by Gasteiger charge is 2.55. The first kappa shape index (κ1) is 7.15. The first-order chi connectivity index (χ1) is 5.02. The van der Waals surface area contributed by atoms with Crippen molar-refractivity contribution < 1.29 is 0 Å². The predicted molar refractivity (Wildman–Crippen MR) is 48.3 cm³/mol. The van der Waals surface area contributed by atoms with Crippen LogP contribution in [-0.4, -0.2) is 0 Å². The standard InChI is InChI=1S/C11H16/c1-8-9(2)11(4)7-5-6-10(8,11)3/h5-6H,7H2,1-4H3. The zero-order chi connectivity index (χ0) is 8.28. The second-order valence-electron chi connectivity index (χ2n) is 4.39. The molecular formula is C11H16. The Morgan fingerprint density at radius 3 is 2.36 bits per heavy atom. The van der Waals surface area contributed by atoms with Crippen LogP contribution in [-0.2, 0) is 0 Å². The van der Waals surface area contributed by atoms with Crippen molar-refractivity contribution in [1.29, 1.82) is 0 Å². The van der Waals surface area contributed by atoms with Gasteiger partial charge in [0, 0.05) is 10.8 Å². The maximum atomic E-state index is 2.38. The molecule has 0 amide bonds. The van der Waals surface area contributed by atoms with Crippen molar-refractivity contribution in [3.63, 3.8) is 0 Å². The Kier molecular flexibility index (Phi) is 1.06. The van der Waals surface area contributed by atoms with E-state index in [1.54, 1.807) is 11.1 Å². The van der Waals surface area contributed by atoms with Gasteiger partial charge in [-0.25, -0.2) is 0 Å². The van der Waals surface area contributed by atoms with Crippen LogP contribution < -0.4 is 0 Å². The van der Waals surface area contributed by atoms with Gasteiger partial charge in [0.2, 0.25) is 0 Å². The van der Waals surface area contributed by atoms with E-state index in [0.717, 1.165) is 0 Å². The van der Waals surface area contributed by atoms with Crippen molar-refractivity contribution in [1.82, 2.24) is 0 Å². The Bertz CT molecular complexity index is 270. The summed E-state index contributed by atoms with van der Waals surface area (Å²) in [4.78, 5) is 0. The highest BCUT2D eigenvalue weighted by Crippen LogP contribution is 2.65. The lowest BCUT2D eigenvalue weighted by atomic mass is 9.50. The molecule has 0 N–H and O–H groups in total. The van der Waals surface area contributed by atoms with Gasteiger partial charge in [0.15, 0.2) is 0 Å². The molecule has 0 fully saturated rings. The second-order valence-corrected chi connectivity index (χ2v) is 4.39. The Balaban J connectivity index is 2.55. The zero-order valence-electron chi connectivity index (χ0n) is 7.86. The fourth-order valence-corrected chi connectivity index (χ4v) is 2.75. The molecule has 0 bridgehead atoms. The lowest BCUT2D eigenvalue weighted by Crippen LogP contribution is -2.44. The van der Waals surface area contributed by atoms with Gasteiger partial charge in [-0.15, -0.1) is 0 Å². The van der Waals surface area contributed by atoms with Crippen molar-refractivity contribution in [2.45, 2.75) is 34.1 Å². The molecule has 60 valence electrons. The molecule has 0 saturated heterocycles. The Morgan fingerprint density at radius 1 is 1.18 bits per heavy atom. The molecule has 0 radical (unpaired) electrons. The lowest BCUT2D eigenvalue weighted by molar-refractivity contribution is 0.175. The van der Waals surface area contributed by atoms with Crippen molar-refractivity contribution in [3.05, 3.63) is 23.3 Å². The molecule has 2 aliphatic rings. The van der Waals surface area contributed by atoms with Crippen LogP contribution in [0.2, 0.25) is 0 Å². The minimum atomic E-state index is 0.400. The molecule has 2 unspecified atom stereocenters. The van der Waals surface area contributed by atoms with E-state index in [1.165, 1.54) is 6.42 Å². The third kappa shape index (κ3) is 0.503. The van der Waals surface area contributed by atoms with E-state index in [2.05, 4.69) is 39.8 Å². The fourth-order valence-electron chi connectivity index (χ4n) is 2.75. The summed E-state index contributed by atoms with van der Waals surface area (Å²) in [6.07, 6.45) is 5.96. The third-order valence-electron chi connectivity index (χ3n) is 4.29. The summed E-state index contributed by atoms with van der Waals surface area (Å²) in [7, 11) is 0. The zero-order valence-corrected chi connectivity index (χ0v) is 7.86. The van der Waals surface area contributed by atoms with E-state index < -0.39 is 0 Å². The van der Waals surface area contributed by atoms with Crippen molar-refractivity contribution in [3.8, 4) is 0 Å². The van der Waals surface area contributed by atoms with E-state index in [4.69, 9.17) is 0 Å². The molecule has 0 aliphatic heterocycles. The predicted octanol–water partition coefficient (Wildman–Crippen LogP) is 3.31. The summed E-state index contributed by atoms with van der Waals surface area (Å²) in [5.74, 6) is 0. The normalized spacial score (nSPS) is 47.6. The molecule has 0 aromatic rings. The van der Waals surface area contributed by atoms with Crippen LogP contribution in [0.4, 0.5) is 0 Å². The Morgan fingerprint density at radius 2 is 1.82 bits per heavy atom. The van der Waals surface area contributed by atoms with Crippen LogP contribution in [0, 0.1) is 10.8 Å². The highest BCUT2D eigenvalue weighted by atomic mass is 14.6. The van der Waals surface area contributed by atoms with Crippen molar-refractivity contribution in [2.24, 2.45) is 10.8 Å². The SMILES string of the molecule is CC1=C(C)C2(C)CC=CC12C. The highest BCUT2D eigenvalue weighted by molar-refractivity contribution is 5.48. The minimum Gasteiger partial charge on any atom is -0.0867 e. The van der Waals surface area contributed by atoms with E-state index in [-0.39, 0.29) is 0 Å². The average Bonchev–Trinajstić information content (AvgIpc) is 2.26. The van der Waals surface area contributed by atoms with E-state index >= 15 is 0 Å². The number of fused-ring (bicyclic) bond motifs is 1. The molecule has 0 spiro atoms. The Hall–Kier alpha value is -0.520. The monoisotopic (exact) mass is 148 g/mol. The largest absolute Gasteiger partial charge is 0.0867 e. The molecule has 0 aromatic heterocycles. The van der Waals surface area contributed by atoms with Crippen LogP contribution in [0.15, 0.2) is 23.3 Å². The first-order valence-corrected chi connectivity index (χ1v) is 4.38. The molecule has 11 heavy (non-hydrogen) atoms. The van der Waals surface area contributed by atoms with Gasteiger partial charge in [0.05, 0.1) is 0 Å².